The molecule has 0 radical (unpaired) electrons. The number of aromatic nitrogens is 1. The van der Waals surface area contributed by atoms with Crippen LogP contribution in [-0.4, -0.2) is 22.8 Å². The number of carbonyl (C=O) groups is 2. The third-order valence-corrected chi connectivity index (χ3v) is 3.59. The van der Waals surface area contributed by atoms with Crippen molar-refractivity contribution in [1.29, 1.82) is 0 Å². The Morgan fingerprint density at radius 3 is 2.52 bits per heavy atom. The van der Waals surface area contributed by atoms with Gasteiger partial charge in [0.25, 0.3) is 0 Å². The number of hydrogen-bond donors (Lipinski definition) is 0. The third-order valence-electron chi connectivity index (χ3n) is 2.76. The molecule has 0 aliphatic rings. The van der Waals surface area contributed by atoms with Crippen LogP contribution in [0.25, 0.3) is 0 Å². The van der Waals surface area contributed by atoms with Crippen molar-refractivity contribution in [1.82, 2.24) is 4.98 Å². The quantitative estimate of drug-likeness (QED) is 0.466. The molecule has 1 aromatic heterocycles. The lowest BCUT2D eigenvalue weighted by atomic mass is 10.1. The predicted molar refractivity (Wildman–Crippen MR) is 82.6 cm³/mol. The molecule has 0 aliphatic carbocycles. The molecule has 2 aromatic rings. The molecule has 1 aromatic carbocycles. The first-order valence-electron chi connectivity index (χ1n) is 6.10. The van der Waals surface area contributed by atoms with E-state index in [1.807, 2.05) is 0 Å². The zero-order valence-corrected chi connectivity index (χ0v) is 13.4. The highest BCUT2D eigenvalue weighted by molar-refractivity contribution is 9.10. The Bertz CT molecular complexity index is 673. The summed E-state index contributed by atoms with van der Waals surface area (Å²) in [6.45, 7) is 1.52. The summed E-state index contributed by atoms with van der Waals surface area (Å²) in [4.78, 5) is 27.9. The first-order chi connectivity index (χ1) is 9.99. The first-order valence-corrected chi connectivity index (χ1v) is 7.27. The summed E-state index contributed by atoms with van der Waals surface area (Å²) < 4.78 is 6.01. The molecular weight excluding hydrogens is 358 g/mol. The van der Waals surface area contributed by atoms with Gasteiger partial charge in [-0.15, -0.1) is 0 Å². The van der Waals surface area contributed by atoms with Crippen LogP contribution >= 0.6 is 27.5 Å². The molecule has 0 saturated carbocycles. The average molecular weight is 369 g/mol. The highest BCUT2D eigenvalue weighted by Gasteiger charge is 2.21. The molecule has 0 saturated heterocycles. The largest absolute Gasteiger partial charge is 0.451 e. The monoisotopic (exact) mass is 367 g/mol. The van der Waals surface area contributed by atoms with Gasteiger partial charge < -0.3 is 4.74 Å². The van der Waals surface area contributed by atoms with Crippen LogP contribution in [0.3, 0.4) is 0 Å². The lowest BCUT2D eigenvalue weighted by Crippen LogP contribution is -2.24. The van der Waals surface area contributed by atoms with E-state index in [0.29, 0.717) is 5.56 Å². The van der Waals surface area contributed by atoms with E-state index in [0.717, 1.165) is 4.47 Å². The minimum Gasteiger partial charge on any atom is -0.451 e. The van der Waals surface area contributed by atoms with Gasteiger partial charge in [-0.05, 0) is 31.2 Å². The van der Waals surface area contributed by atoms with Crippen molar-refractivity contribution in [2.24, 2.45) is 0 Å². The van der Waals surface area contributed by atoms with Crippen molar-refractivity contribution >= 4 is 39.3 Å². The summed E-state index contributed by atoms with van der Waals surface area (Å²) in [7, 11) is 0. The van der Waals surface area contributed by atoms with E-state index in [-0.39, 0.29) is 16.5 Å². The van der Waals surface area contributed by atoms with Crippen molar-refractivity contribution in [2.75, 3.05) is 0 Å². The van der Waals surface area contributed by atoms with Crippen LogP contribution in [0.2, 0.25) is 5.15 Å². The number of ketones is 1. The number of rotatable bonds is 4. The second-order valence-electron chi connectivity index (χ2n) is 4.26. The molecule has 1 atom stereocenters. The number of pyridine rings is 1. The van der Waals surface area contributed by atoms with Gasteiger partial charge in [0.1, 0.15) is 5.15 Å². The van der Waals surface area contributed by atoms with Crippen LogP contribution in [-0.2, 0) is 4.74 Å². The Morgan fingerprint density at radius 2 is 1.90 bits per heavy atom. The van der Waals surface area contributed by atoms with Crippen LogP contribution in [0, 0.1) is 0 Å². The molecule has 0 amide bonds. The van der Waals surface area contributed by atoms with E-state index in [9.17, 15) is 9.59 Å². The molecule has 108 valence electrons. The first kappa shape index (κ1) is 15.7. The Kier molecular flexibility index (Phi) is 5.09. The minimum absolute atomic E-state index is 0.0470. The number of esters is 1. The van der Waals surface area contributed by atoms with Crippen LogP contribution < -0.4 is 0 Å². The van der Waals surface area contributed by atoms with Crippen LogP contribution in [0.4, 0.5) is 0 Å². The maximum Gasteiger partial charge on any atom is 0.341 e. The fourth-order valence-corrected chi connectivity index (χ4v) is 2.13. The summed E-state index contributed by atoms with van der Waals surface area (Å²) in [5.41, 5.74) is 0.602. The van der Waals surface area contributed by atoms with Crippen LogP contribution in [0.1, 0.15) is 27.6 Å². The molecule has 1 heterocycles. The molecule has 21 heavy (non-hydrogen) atoms. The van der Waals surface area contributed by atoms with Gasteiger partial charge in [0.15, 0.2) is 6.10 Å². The molecular formula is C15H11BrClNO3. The molecule has 6 heteroatoms. The minimum atomic E-state index is -0.907. The highest BCUT2D eigenvalue weighted by atomic mass is 79.9. The fraction of sp³-hybridized carbons (Fsp3) is 0.133. The van der Waals surface area contributed by atoms with Crippen molar-refractivity contribution in [2.45, 2.75) is 13.0 Å². The van der Waals surface area contributed by atoms with E-state index in [4.69, 9.17) is 16.3 Å². The van der Waals surface area contributed by atoms with Gasteiger partial charge in [-0.1, -0.05) is 39.7 Å². The molecule has 0 spiro atoms. The number of Topliss-reactive ketones (excluding diaryl/α,β-unsaturated/α-hetero) is 1. The zero-order chi connectivity index (χ0) is 15.4. The van der Waals surface area contributed by atoms with E-state index < -0.39 is 12.1 Å². The summed E-state index contributed by atoms with van der Waals surface area (Å²) in [5, 5.41) is 0.0470. The van der Waals surface area contributed by atoms with Crippen molar-refractivity contribution in [3.8, 4) is 0 Å². The molecule has 0 aliphatic heterocycles. The lowest BCUT2D eigenvalue weighted by molar-refractivity contribution is 0.0318. The summed E-state index contributed by atoms with van der Waals surface area (Å²) in [6, 6.07) is 9.89. The maximum absolute atomic E-state index is 12.2. The molecule has 2 rings (SSSR count). The van der Waals surface area contributed by atoms with Gasteiger partial charge in [0.05, 0.1) is 5.56 Å². The SMILES string of the molecule is C[C@@H](OC(=O)c1cccnc1Cl)C(=O)c1ccc(Br)cc1. The van der Waals surface area contributed by atoms with Gasteiger partial charge in [-0.25, -0.2) is 9.78 Å². The molecule has 0 fully saturated rings. The van der Waals surface area contributed by atoms with Crippen LogP contribution in [0.15, 0.2) is 47.1 Å². The van der Waals surface area contributed by atoms with E-state index in [2.05, 4.69) is 20.9 Å². The Hall–Kier alpha value is -1.72. The van der Waals surface area contributed by atoms with E-state index >= 15 is 0 Å². The van der Waals surface area contributed by atoms with Gasteiger partial charge in [-0.2, -0.15) is 0 Å². The number of halogens is 2. The Morgan fingerprint density at radius 1 is 1.24 bits per heavy atom. The molecule has 0 N–H and O–H groups in total. The summed E-state index contributed by atoms with van der Waals surface area (Å²) in [5.74, 6) is -0.957. The standard InChI is InChI=1S/C15H11BrClNO3/c1-9(13(19)10-4-6-11(16)7-5-10)21-15(20)12-3-2-8-18-14(12)17/h2-9H,1H3/t9-/m1/s1. The van der Waals surface area contributed by atoms with Crippen molar-refractivity contribution in [3.05, 3.63) is 63.3 Å². The fourth-order valence-electron chi connectivity index (χ4n) is 1.66. The van der Waals surface area contributed by atoms with Crippen molar-refractivity contribution < 1.29 is 14.3 Å². The second-order valence-corrected chi connectivity index (χ2v) is 5.53. The number of ether oxygens (including phenoxy) is 1. The van der Waals surface area contributed by atoms with Gasteiger partial charge in [0.2, 0.25) is 5.78 Å². The topological polar surface area (TPSA) is 56.3 Å². The number of nitrogens with zero attached hydrogens (tertiary/aromatic N) is 1. The zero-order valence-electron chi connectivity index (χ0n) is 11.0. The summed E-state index contributed by atoms with van der Waals surface area (Å²) >= 11 is 9.11. The van der Waals surface area contributed by atoms with Gasteiger partial charge in [-0.3, -0.25) is 4.79 Å². The second kappa shape index (κ2) is 6.83. The molecule has 4 nitrogen and oxygen atoms in total. The number of hydrogen-bond acceptors (Lipinski definition) is 4. The Balaban J connectivity index is 2.09. The third kappa shape index (κ3) is 3.89. The van der Waals surface area contributed by atoms with Gasteiger partial charge in [0, 0.05) is 16.2 Å². The number of carbonyl (C=O) groups excluding carboxylic acids is 2. The van der Waals surface area contributed by atoms with Gasteiger partial charge >= 0.3 is 5.97 Å². The predicted octanol–water partition coefficient (Wildman–Crippen LogP) is 3.93. The molecule has 0 unspecified atom stereocenters. The Labute approximate surface area is 135 Å². The number of benzene rings is 1. The van der Waals surface area contributed by atoms with E-state index in [1.54, 1.807) is 30.3 Å². The smallest absolute Gasteiger partial charge is 0.341 e. The van der Waals surface area contributed by atoms with Crippen molar-refractivity contribution in [3.63, 3.8) is 0 Å². The summed E-state index contributed by atoms with van der Waals surface area (Å²) in [6.07, 6.45) is 0.560. The average Bonchev–Trinajstić information content (AvgIpc) is 2.47. The lowest BCUT2D eigenvalue weighted by Gasteiger charge is -2.12. The normalized spacial score (nSPS) is 11.8. The maximum atomic E-state index is 12.2. The van der Waals surface area contributed by atoms with Crippen LogP contribution in [0.5, 0.6) is 0 Å². The highest BCUT2D eigenvalue weighted by Crippen LogP contribution is 2.16. The molecule has 0 bridgehead atoms. The van der Waals surface area contributed by atoms with E-state index in [1.165, 1.54) is 19.2 Å².